The minimum absolute atomic E-state index is 0.0812. The van der Waals surface area contributed by atoms with E-state index in [1.54, 1.807) is 32.2 Å². The highest BCUT2D eigenvalue weighted by Crippen LogP contribution is 2.21. The van der Waals surface area contributed by atoms with Crippen molar-refractivity contribution in [2.24, 2.45) is 0 Å². The number of amides is 2. The number of methoxy groups -OCH3 is 1. The third-order valence-corrected chi connectivity index (χ3v) is 3.18. The van der Waals surface area contributed by atoms with Gasteiger partial charge in [0.1, 0.15) is 11.5 Å². The number of nitrogens with one attached hydrogen (secondary N) is 2. The Morgan fingerprint density at radius 2 is 2.00 bits per heavy atom. The van der Waals surface area contributed by atoms with Crippen molar-refractivity contribution in [2.45, 2.75) is 26.3 Å². The van der Waals surface area contributed by atoms with Crippen LogP contribution in [0.15, 0.2) is 34.9 Å². The fourth-order valence-corrected chi connectivity index (χ4v) is 2.14. The normalized spacial score (nSPS) is 11.6. The average molecular weight is 317 g/mol. The van der Waals surface area contributed by atoms with Crippen molar-refractivity contribution in [3.05, 3.63) is 41.7 Å². The lowest BCUT2D eigenvalue weighted by molar-refractivity contribution is -0.120. The summed E-state index contributed by atoms with van der Waals surface area (Å²) in [7, 11) is 1.58. The number of benzene rings is 1. The largest absolute Gasteiger partial charge is 0.497 e. The predicted octanol–water partition coefficient (Wildman–Crippen LogP) is 2.20. The maximum Gasteiger partial charge on any atom is 0.228 e. The lowest BCUT2D eigenvalue weighted by atomic mass is 10.0. The zero-order valence-electron chi connectivity index (χ0n) is 13.3. The molecule has 122 valence electrons. The first-order valence-electron chi connectivity index (χ1n) is 7.12. The lowest BCUT2D eigenvalue weighted by Crippen LogP contribution is -2.29. The second-order valence-electron chi connectivity index (χ2n) is 5.10. The van der Waals surface area contributed by atoms with E-state index in [1.807, 2.05) is 12.1 Å². The molecule has 0 saturated heterocycles. The van der Waals surface area contributed by atoms with Crippen LogP contribution in [-0.4, -0.2) is 24.1 Å². The van der Waals surface area contributed by atoms with E-state index >= 15 is 0 Å². The molecule has 1 atom stereocenters. The number of hydrogen-bond donors (Lipinski definition) is 2. The molecule has 0 spiro atoms. The summed E-state index contributed by atoms with van der Waals surface area (Å²) in [4.78, 5) is 23.5. The molecule has 0 aliphatic heterocycles. The third-order valence-electron chi connectivity index (χ3n) is 3.18. The molecule has 7 nitrogen and oxygen atoms in total. The number of rotatable bonds is 6. The van der Waals surface area contributed by atoms with Crippen LogP contribution in [0.5, 0.6) is 5.75 Å². The van der Waals surface area contributed by atoms with Gasteiger partial charge in [-0.15, -0.1) is 0 Å². The summed E-state index contributed by atoms with van der Waals surface area (Å²) >= 11 is 0. The van der Waals surface area contributed by atoms with Crippen LogP contribution in [0.2, 0.25) is 0 Å². The number of ether oxygens (including phenoxy) is 1. The molecule has 1 aromatic heterocycles. The van der Waals surface area contributed by atoms with Crippen LogP contribution in [0.25, 0.3) is 0 Å². The van der Waals surface area contributed by atoms with Gasteiger partial charge in [0.05, 0.1) is 19.6 Å². The summed E-state index contributed by atoms with van der Waals surface area (Å²) in [5.41, 5.74) is 0.812. The number of aryl methyl sites for hydroxylation is 1. The maximum absolute atomic E-state index is 12.1. The lowest BCUT2D eigenvalue weighted by Gasteiger charge is -2.18. The molecule has 0 saturated carbocycles. The van der Waals surface area contributed by atoms with Crippen LogP contribution < -0.4 is 15.4 Å². The van der Waals surface area contributed by atoms with Gasteiger partial charge in [0.2, 0.25) is 11.8 Å². The smallest absolute Gasteiger partial charge is 0.228 e. The van der Waals surface area contributed by atoms with Crippen LogP contribution in [0, 0.1) is 6.92 Å². The number of carbonyl (C=O) groups is 2. The summed E-state index contributed by atoms with van der Waals surface area (Å²) in [6.07, 6.45) is 0.0812. The zero-order chi connectivity index (χ0) is 16.8. The predicted molar refractivity (Wildman–Crippen MR) is 84.0 cm³/mol. The Bertz CT molecular complexity index is 679. The van der Waals surface area contributed by atoms with Gasteiger partial charge in [0, 0.05) is 13.0 Å². The first-order valence-corrected chi connectivity index (χ1v) is 7.12. The van der Waals surface area contributed by atoms with Gasteiger partial charge in [0.15, 0.2) is 5.82 Å². The number of nitrogens with zero attached hydrogens (tertiary/aromatic N) is 1. The molecular formula is C16H19N3O4. The van der Waals surface area contributed by atoms with Crippen LogP contribution in [0.1, 0.15) is 30.7 Å². The van der Waals surface area contributed by atoms with Crippen molar-refractivity contribution >= 4 is 17.6 Å². The molecule has 2 rings (SSSR count). The van der Waals surface area contributed by atoms with Gasteiger partial charge in [-0.3, -0.25) is 9.59 Å². The van der Waals surface area contributed by atoms with E-state index in [0.717, 1.165) is 5.56 Å². The molecular weight excluding hydrogens is 298 g/mol. The first-order chi connectivity index (χ1) is 11.0. The third kappa shape index (κ3) is 4.84. The molecule has 2 aromatic rings. The Balaban J connectivity index is 2.07. The maximum atomic E-state index is 12.1. The number of hydrogen-bond acceptors (Lipinski definition) is 5. The van der Waals surface area contributed by atoms with Crippen molar-refractivity contribution < 1.29 is 18.8 Å². The van der Waals surface area contributed by atoms with E-state index in [1.165, 1.54) is 6.92 Å². The Kier molecular flexibility index (Phi) is 5.35. The summed E-state index contributed by atoms with van der Waals surface area (Å²) in [5.74, 6) is 1.18. The van der Waals surface area contributed by atoms with E-state index in [-0.39, 0.29) is 18.2 Å². The van der Waals surface area contributed by atoms with Crippen molar-refractivity contribution in [2.75, 3.05) is 12.4 Å². The van der Waals surface area contributed by atoms with Gasteiger partial charge in [-0.1, -0.05) is 17.3 Å². The van der Waals surface area contributed by atoms with E-state index in [9.17, 15) is 9.59 Å². The molecule has 0 unspecified atom stereocenters. The van der Waals surface area contributed by atoms with Crippen molar-refractivity contribution in [1.82, 2.24) is 10.5 Å². The van der Waals surface area contributed by atoms with Crippen LogP contribution in [0.3, 0.4) is 0 Å². The van der Waals surface area contributed by atoms with Crippen LogP contribution in [0.4, 0.5) is 5.82 Å². The van der Waals surface area contributed by atoms with Gasteiger partial charge in [0.25, 0.3) is 0 Å². The van der Waals surface area contributed by atoms with Crippen molar-refractivity contribution in [3.8, 4) is 5.75 Å². The first kappa shape index (κ1) is 16.5. The SMILES string of the molecule is COc1ccc([C@H](CC(=O)Nc2cc(C)on2)NC(C)=O)cc1. The zero-order valence-corrected chi connectivity index (χ0v) is 13.3. The molecule has 1 aromatic carbocycles. The van der Waals surface area contributed by atoms with Crippen LogP contribution in [-0.2, 0) is 9.59 Å². The van der Waals surface area contributed by atoms with Gasteiger partial charge < -0.3 is 19.9 Å². The molecule has 0 fully saturated rings. The fourth-order valence-electron chi connectivity index (χ4n) is 2.14. The number of carbonyl (C=O) groups excluding carboxylic acids is 2. The standard InChI is InChI=1S/C16H19N3O4/c1-10-8-15(19-23-10)18-16(21)9-14(17-11(2)20)12-4-6-13(22-3)7-5-12/h4-8,14H,9H2,1-3H3,(H,17,20)(H,18,19,21)/t14-/m0/s1. The molecule has 23 heavy (non-hydrogen) atoms. The van der Waals surface area contributed by atoms with E-state index < -0.39 is 6.04 Å². The quantitative estimate of drug-likeness (QED) is 0.852. The van der Waals surface area contributed by atoms with E-state index in [2.05, 4.69) is 15.8 Å². The van der Waals surface area contributed by atoms with Crippen molar-refractivity contribution in [1.29, 1.82) is 0 Å². The van der Waals surface area contributed by atoms with Crippen LogP contribution >= 0.6 is 0 Å². The molecule has 7 heteroatoms. The molecule has 1 heterocycles. The topological polar surface area (TPSA) is 93.5 Å². The molecule has 0 aliphatic carbocycles. The summed E-state index contributed by atoms with van der Waals surface area (Å²) < 4.78 is 10.0. The second-order valence-corrected chi connectivity index (χ2v) is 5.10. The minimum atomic E-state index is -0.439. The van der Waals surface area contributed by atoms with Gasteiger partial charge in [-0.25, -0.2) is 0 Å². The number of aromatic nitrogens is 1. The summed E-state index contributed by atoms with van der Waals surface area (Å²) in [6, 6.07) is 8.37. The number of anilines is 1. The highest BCUT2D eigenvalue weighted by Gasteiger charge is 2.18. The Morgan fingerprint density at radius 1 is 1.30 bits per heavy atom. The monoisotopic (exact) mass is 317 g/mol. The van der Waals surface area contributed by atoms with E-state index in [4.69, 9.17) is 9.26 Å². The highest BCUT2D eigenvalue weighted by atomic mass is 16.5. The fraction of sp³-hybridized carbons (Fsp3) is 0.312. The van der Waals surface area contributed by atoms with Gasteiger partial charge >= 0.3 is 0 Å². The Labute approximate surface area is 134 Å². The molecule has 2 amide bonds. The summed E-state index contributed by atoms with van der Waals surface area (Å²) in [5, 5.41) is 9.12. The molecule has 0 radical (unpaired) electrons. The molecule has 2 N–H and O–H groups in total. The average Bonchev–Trinajstić information content (AvgIpc) is 2.91. The molecule has 0 bridgehead atoms. The van der Waals surface area contributed by atoms with E-state index in [0.29, 0.717) is 17.3 Å². The van der Waals surface area contributed by atoms with Gasteiger partial charge in [-0.05, 0) is 24.6 Å². The Hall–Kier alpha value is -2.83. The Morgan fingerprint density at radius 3 is 2.52 bits per heavy atom. The summed E-state index contributed by atoms with van der Waals surface area (Å²) in [6.45, 7) is 3.15. The second kappa shape index (κ2) is 7.44. The van der Waals surface area contributed by atoms with Crippen molar-refractivity contribution in [3.63, 3.8) is 0 Å². The molecule has 0 aliphatic rings. The van der Waals surface area contributed by atoms with Gasteiger partial charge in [-0.2, -0.15) is 0 Å². The highest BCUT2D eigenvalue weighted by molar-refractivity contribution is 5.90. The minimum Gasteiger partial charge on any atom is -0.497 e.